The van der Waals surface area contributed by atoms with Crippen LogP contribution in [0.15, 0.2) is 48.7 Å². The van der Waals surface area contributed by atoms with Crippen molar-refractivity contribution in [3.05, 3.63) is 70.8 Å². The van der Waals surface area contributed by atoms with Crippen LogP contribution in [0.4, 0.5) is 14.9 Å². The lowest BCUT2D eigenvalue weighted by Gasteiger charge is -2.33. The van der Waals surface area contributed by atoms with E-state index >= 15 is 0 Å². The van der Waals surface area contributed by atoms with Gasteiger partial charge in [0.15, 0.2) is 0 Å². The van der Waals surface area contributed by atoms with E-state index < -0.39 is 17.5 Å². The molecule has 0 radical (unpaired) electrons. The molecule has 0 saturated carbocycles. The van der Waals surface area contributed by atoms with Gasteiger partial charge in [0.2, 0.25) is 5.69 Å². The van der Waals surface area contributed by atoms with Crippen molar-refractivity contribution in [2.24, 2.45) is 0 Å². The summed E-state index contributed by atoms with van der Waals surface area (Å²) >= 11 is 1.34. The van der Waals surface area contributed by atoms with E-state index in [1.165, 1.54) is 23.5 Å². The maximum Gasteiger partial charge on any atom is 0.407 e. The molecule has 0 aliphatic carbocycles. The molecule has 200 valence electrons. The molecule has 39 heavy (non-hydrogen) atoms. The first-order chi connectivity index (χ1) is 18.6. The number of aromatic nitrogens is 2. The fourth-order valence-corrected chi connectivity index (χ4v) is 5.83. The van der Waals surface area contributed by atoms with Gasteiger partial charge in [0.1, 0.15) is 11.4 Å². The molecular weight excluding hydrogens is 517 g/mol. The molecule has 1 atom stereocenters. The topological polar surface area (TPSA) is 91.7 Å². The van der Waals surface area contributed by atoms with E-state index in [-0.39, 0.29) is 17.6 Å². The highest BCUT2D eigenvalue weighted by Crippen LogP contribution is 2.41. The molecule has 0 bridgehead atoms. The number of fused-ring (bicyclic) bond motifs is 1. The molecule has 2 aromatic carbocycles. The van der Waals surface area contributed by atoms with Crippen LogP contribution in [-0.2, 0) is 4.74 Å². The highest BCUT2D eigenvalue weighted by Gasteiger charge is 2.29. The van der Waals surface area contributed by atoms with Crippen LogP contribution in [0.1, 0.15) is 43.3 Å². The molecule has 1 saturated heterocycles. The van der Waals surface area contributed by atoms with Crippen molar-refractivity contribution in [2.75, 3.05) is 13.1 Å². The number of rotatable bonds is 4. The molecule has 1 fully saturated rings. The molecule has 5 rings (SSSR count). The lowest BCUT2D eigenvalue weighted by molar-refractivity contribution is 0.0453. The quantitative estimate of drug-likeness (QED) is 0.277. The van der Waals surface area contributed by atoms with Crippen LogP contribution in [0, 0.1) is 12.4 Å². The zero-order chi connectivity index (χ0) is 27.7. The van der Waals surface area contributed by atoms with Crippen molar-refractivity contribution in [1.82, 2.24) is 20.4 Å². The van der Waals surface area contributed by atoms with Gasteiger partial charge in [-0.3, -0.25) is 9.89 Å². The maximum atomic E-state index is 14.6. The number of halogens is 1. The second kappa shape index (κ2) is 10.5. The number of likely N-dealkylation sites (tertiary alicyclic amines) is 1. The van der Waals surface area contributed by atoms with Gasteiger partial charge in [-0.1, -0.05) is 18.2 Å². The van der Waals surface area contributed by atoms with E-state index in [9.17, 15) is 14.0 Å². The number of nitrogens with one attached hydrogen (secondary N) is 2. The minimum Gasteiger partial charge on any atom is -0.444 e. The summed E-state index contributed by atoms with van der Waals surface area (Å²) < 4.78 is 20.0. The summed E-state index contributed by atoms with van der Waals surface area (Å²) in [5.41, 5.74) is 2.40. The fourth-order valence-electron chi connectivity index (χ4n) is 4.68. The van der Waals surface area contributed by atoms with E-state index in [1.807, 2.05) is 18.2 Å². The number of carbonyl (C=O) groups is 2. The Balaban J connectivity index is 1.46. The van der Waals surface area contributed by atoms with Crippen molar-refractivity contribution in [2.45, 2.75) is 45.3 Å². The van der Waals surface area contributed by atoms with Gasteiger partial charge in [-0.15, -0.1) is 11.3 Å². The Morgan fingerprint density at radius 1 is 1.21 bits per heavy atom. The Morgan fingerprint density at radius 2 is 2.00 bits per heavy atom. The van der Waals surface area contributed by atoms with Crippen LogP contribution >= 0.6 is 11.3 Å². The molecule has 0 spiro atoms. The lowest BCUT2D eigenvalue weighted by Crippen LogP contribution is -2.50. The van der Waals surface area contributed by atoms with Crippen LogP contribution in [0.25, 0.3) is 37.3 Å². The van der Waals surface area contributed by atoms with E-state index in [0.29, 0.717) is 29.1 Å². The standard InChI is InChI=1S/C29H28FN5O3S/c1-29(2,3)38-28(37)33-20-6-5-11-35(16-20)27(36)25-14-21(17-7-10-24(31-4)22(30)13-17)26(39-25)18-8-9-23-19(12-18)15-32-34-23/h7-10,12-15,20H,5-6,11,16H2,1-3H3,(H,32,34)(H,33,37)/t20-/m1/s1. The van der Waals surface area contributed by atoms with Crippen LogP contribution in [0.3, 0.4) is 0 Å². The Hall–Kier alpha value is -4.23. The van der Waals surface area contributed by atoms with Crippen LogP contribution in [0.5, 0.6) is 0 Å². The summed E-state index contributed by atoms with van der Waals surface area (Å²) in [7, 11) is 0. The third kappa shape index (κ3) is 5.78. The zero-order valence-electron chi connectivity index (χ0n) is 21.9. The molecular formula is C29H28FN5O3S. The number of amides is 2. The first-order valence-corrected chi connectivity index (χ1v) is 13.5. The first-order valence-electron chi connectivity index (χ1n) is 12.6. The molecule has 0 unspecified atom stereocenters. The van der Waals surface area contributed by atoms with Crippen molar-refractivity contribution < 1.29 is 18.7 Å². The minimum atomic E-state index is -0.607. The van der Waals surface area contributed by atoms with Gasteiger partial charge in [-0.2, -0.15) is 5.10 Å². The Bertz CT molecular complexity index is 1600. The van der Waals surface area contributed by atoms with Gasteiger partial charge >= 0.3 is 6.09 Å². The number of benzene rings is 2. The number of alkyl carbamates (subject to hydrolysis) is 1. The van der Waals surface area contributed by atoms with Crippen LogP contribution < -0.4 is 5.32 Å². The van der Waals surface area contributed by atoms with Gasteiger partial charge in [0.05, 0.1) is 23.2 Å². The van der Waals surface area contributed by atoms with E-state index in [0.717, 1.165) is 34.2 Å². The summed E-state index contributed by atoms with van der Waals surface area (Å²) in [5.74, 6) is -0.754. The minimum absolute atomic E-state index is 0.0523. The monoisotopic (exact) mass is 545 g/mol. The Morgan fingerprint density at radius 3 is 2.74 bits per heavy atom. The van der Waals surface area contributed by atoms with E-state index in [4.69, 9.17) is 11.3 Å². The number of hydrogen-bond acceptors (Lipinski definition) is 5. The highest BCUT2D eigenvalue weighted by atomic mass is 32.1. The number of hydrogen-bond donors (Lipinski definition) is 2. The van der Waals surface area contributed by atoms with Crippen molar-refractivity contribution in [3.8, 4) is 21.6 Å². The predicted molar refractivity (Wildman–Crippen MR) is 149 cm³/mol. The molecule has 1 aliphatic rings. The van der Waals surface area contributed by atoms with Crippen LogP contribution in [0.2, 0.25) is 0 Å². The zero-order valence-corrected chi connectivity index (χ0v) is 22.7. The van der Waals surface area contributed by atoms with E-state index in [2.05, 4.69) is 20.4 Å². The number of ether oxygens (including phenoxy) is 1. The molecule has 2 N–H and O–H groups in total. The van der Waals surface area contributed by atoms with Gasteiger partial charge in [0.25, 0.3) is 5.91 Å². The van der Waals surface area contributed by atoms with Crippen molar-refractivity contribution in [3.63, 3.8) is 0 Å². The predicted octanol–water partition coefficient (Wildman–Crippen LogP) is 6.78. The number of thiophene rings is 1. The van der Waals surface area contributed by atoms with Crippen LogP contribution in [-0.4, -0.2) is 51.8 Å². The summed E-state index contributed by atoms with van der Waals surface area (Å²) in [6.45, 7) is 13.5. The second-order valence-electron chi connectivity index (χ2n) is 10.5. The Kier molecular flexibility index (Phi) is 7.10. The van der Waals surface area contributed by atoms with Gasteiger partial charge in [-0.05, 0) is 69.0 Å². The number of aromatic amines is 1. The maximum absolute atomic E-state index is 14.6. The summed E-state index contributed by atoms with van der Waals surface area (Å²) in [6, 6.07) is 11.9. The second-order valence-corrected chi connectivity index (χ2v) is 11.6. The smallest absolute Gasteiger partial charge is 0.407 e. The van der Waals surface area contributed by atoms with Gasteiger partial charge < -0.3 is 15.0 Å². The average molecular weight is 546 g/mol. The van der Waals surface area contributed by atoms with Gasteiger partial charge in [-0.25, -0.2) is 14.0 Å². The highest BCUT2D eigenvalue weighted by molar-refractivity contribution is 7.18. The fraction of sp³-hybridized carbons (Fsp3) is 0.310. The number of H-pyrrole nitrogens is 1. The largest absolute Gasteiger partial charge is 0.444 e. The molecule has 2 amide bonds. The third-order valence-electron chi connectivity index (χ3n) is 6.45. The molecule has 10 heteroatoms. The van der Waals surface area contributed by atoms with Crippen molar-refractivity contribution in [1.29, 1.82) is 0 Å². The SMILES string of the molecule is [C-]#[N+]c1ccc(-c2cc(C(=O)N3CCC[C@@H](NC(=O)OC(C)(C)C)C3)sc2-c2ccc3[nH]ncc3c2)cc1F. The molecule has 3 heterocycles. The summed E-state index contributed by atoms with van der Waals surface area (Å²) in [6.07, 6.45) is 2.73. The number of piperidine rings is 1. The number of nitrogens with zero attached hydrogens (tertiary/aromatic N) is 3. The molecule has 4 aromatic rings. The summed E-state index contributed by atoms with van der Waals surface area (Å²) in [5, 5.41) is 10.8. The van der Waals surface area contributed by atoms with Gasteiger partial charge in [0, 0.05) is 35.0 Å². The molecule has 8 nitrogen and oxygen atoms in total. The normalized spacial score (nSPS) is 15.7. The summed E-state index contributed by atoms with van der Waals surface area (Å²) in [4.78, 5) is 32.3. The molecule has 2 aromatic heterocycles. The number of carbonyl (C=O) groups excluding carboxylic acids is 2. The third-order valence-corrected chi connectivity index (χ3v) is 7.63. The Labute approximate surface area is 229 Å². The lowest BCUT2D eigenvalue weighted by atomic mass is 10.0. The average Bonchev–Trinajstić information content (AvgIpc) is 3.54. The van der Waals surface area contributed by atoms with E-state index in [1.54, 1.807) is 44.0 Å². The van der Waals surface area contributed by atoms with Crippen molar-refractivity contribution >= 4 is 39.9 Å². The molecule has 1 aliphatic heterocycles. The first kappa shape index (κ1) is 26.4.